The molecule has 0 aliphatic heterocycles. The first-order valence-corrected chi connectivity index (χ1v) is 8.42. The molecule has 9 heteroatoms. The minimum absolute atomic E-state index is 0.0246. The summed E-state index contributed by atoms with van der Waals surface area (Å²) in [6, 6.07) is 1.87. The summed E-state index contributed by atoms with van der Waals surface area (Å²) in [7, 11) is 0. The van der Waals surface area contributed by atoms with Crippen LogP contribution in [0.3, 0.4) is 0 Å². The number of anilines is 1. The van der Waals surface area contributed by atoms with Gasteiger partial charge in [0, 0.05) is 18.1 Å². The first-order valence-electron chi connectivity index (χ1n) is 8.42. The van der Waals surface area contributed by atoms with Crippen molar-refractivity contribution in [3.63, 3.8) is 0 Å². The Morgan fingerprint density at radius 2 is 2.15 bits per heavy atom. The third-order valence-corrected chi connectivity index (χ3v) is 4.77. The fourth-order valence-electron chi connectivity index (χ4n) is 3.29. The van der Waals surface area contributed by atoms with Crippen molar-refractivity contribution < 1.29 is 13.6 Å². The summed E-state index contributed by atoms with van der Waals surface area (Å²) in [6.45, 7) is 3.94. The number of amides is 1. The maximum atomic E-state index is 13.3. The molecule has 0 aromatic carbocycles. The van der Waals surface area contributed by atoms with Crippen LogP contribution in [0.15, 0.2) is 24.7 Å². The average Bonchev–Trinajstić information content (AvgIpc) is 3.17. The van der Waals surface area contributed by atoms with E-state index in [1.165, 1.54) is 21.6 Å². The number of halogens is 2. The van der Waals surface area contributed by atoms with E-state index in [2.05, 4.69) is 27.4 Å². The normalized spacial score (nSPS) is 19.7. The van der Waals surface area contributed by atoms with Crippen LogP contribution in [0, 0.1) is 12.8 Å². The Hall–Kier alpha value is -2.84. The number of carbonyl (C=O) groups is 1. The second-order valence-electron chi connectivity index (χ2n) is 6.77. The van der Waals surface area contributed by atoms with E-state index < -0.39 is 18.0 Å². The van der Waals surface area contributed by atoms with E-state index in [1.54, 1.807) is 12.3 Å². The molecule has 7 nitrogen and oxygen atoms in total. The zero-order valence-electron chi connectivity index (χ0n) is 14.4. The lowest BCUT2D eigenvalue weighted by Crippen LogP contribution is -2.25. The van der Waals surface area contributed by atoms with E-state index >= 15 is 0 Å². The summed E-state index contributed by atoms with van der Waals surface area (Å²) < 4.78 is 29.8. The van der Waals surface area contributed by atoms with Crippen LogP contribution in [0.2, 0.25) is 0 Å². The van der Waals surface area contributed by atoms with Crippen molar-refractivity contribution in [1.29, 1.82) is 0 Å². The van der Waals surface area contributed by atoms with Crippen molar-refractivity contribution >= 4 is 17.2 Å². The molecule has 26 heavy (non-hydrogen) atoms. The number of nitrogens with one attached hydrogen (secondary N) is 1. The van der Waals surface area contributed by atoms with Crippen LogP contribution >= 0.6 is 0 Å². The molecule has 0 unspecified atom stereocenters. The molecule has 3 aromatic heterocycles. The number of carbonyl (C=O) groups excluding carboxylic acids is 1. The smallest absolute Gasteiger partial charge is 0.284 e. The Bertz CT molecular complexity index is 973. The summed E-state index contributed by atoms with van der Waals surface area (Å²) in [5, 5.41) is 10.7. The molecule has 3 aromatic rings. The summed E-state index contributed by atoms with van der Waals surface area (Å²) in [4.78, 5) is 16.8. The fraction of sp³-hybridized carbons (Fsp3) is 0.412. The molecule has 0 atom stereocenters. The summed E-state index contributed by atoms with van der Waals surface area (Å²) in [6.07, 6.45) is 3.46. The molecule has 0 spiro atoms. The molecular formula is C17H18F2N6O. The standard InChI is InChI=1S/C17H18F2N6O/c1-9-5-11(6-9)24-8-13(14(23-24)15(18)19)22-17(26)12-7-21-25-10(2)3-4-20-16(12)25/h3-4,7-9,11,15H,5-6H2,1-2H3,(H,22,26)/t9-,11-. The highest BCUT2D eigenvalue weighted by Crippen LogP contribution is 2.38. The van der Waals surface area contributed by atoms with Gasteiger partial charge in [0.1, 0.15) is 5.56 Å². The molecule has 0 radical (unpaired) electrons. The number of fused-ring (bicyclic) bond motifs is 1. The van der Waals surface area contributed by atoms with E-state index in [-0.39, 0.29) is 17.3 Å². The molecule has 0 saturated heterocycles. The lowest BCUT2D eigenvalue weighted by molar-refractivity contribution is 0.102. The van der Waals surface area contributed by atoms with Crippen molar-refractivity contribution in [2.75, 3.05) is 5.32 Å². The molecule has 1 aliphatic carbocycles. The van der Waals surface area contributed by atoms with Gasteiger partial charge >= 0.3 is 0 Å². The van der Waals surface area contributed by atoms with Crippen LogP contribution in [0.4, 0.5) is 14.5 Å². The average molecular weight is 360 g/mol. The van der Waals surface area contributed by atoms with E-state index in [9.17, 15) is 13.6 Å². The van der Waals surface area contributed by atoms with Crippen LogP contribution < -0.4 is 5.32 Å². The van der Waals surface area contributed by atoms with Gasteiger partial charge in [0.15, 0.2) is 11.3 Å². The molecule has 1 fully saturated rings. The summed E-state index contributed by atoms with van der Waals surface area (Å²) in [5.41, 5.74) is 1.02. The third kappa shape index (κ3) is 2.73. The monoisotopic (exact) mass is 360 g/mol. The van der Waals surface area contributed by atoms with Crippen LogP contribution in [0.1, 0.15) is 54.0 Å². The molecule has 1 aliphatic rings. The van der Waals surface area contributed by atoms with Gasteiger partial charge in [0.2, 0.25) is 0 Å². The van der Waals surface area contributed by atoms with Gasteiger partial charge in [0.25, 0.3) is 12.3 Å². The van der Waals surface area contributed by atoms with Gasteiger partial charge in [-0.05, 0) is 31.7 Å². The largest absolute Gasteiger partial charge is 0.319 e. The maximum Gasteiger partial charge on any atom is 0.284 e. The van der Waals surface area contributed by atoms with Crippen LogP contribution in [-0.2, 0) is 0 Å². The highest BCUT2D eigenvalue weighted by atomic mass is 19.3. The number of aryl methyl sites for hydroxylation is 1. The molecule has 1 amide bonds. The molecule has 1 saturated carbocycles. The summed E-state index contributed by atoms with van der Waals surface area (Å²) in [5.74, 6) is 0.0202. The zero-order valence-corrected chi connectivity index (χ0v) is 14.4. The van der Waals surface area contributed by atoms with Crippen LogP contribution in [-0.4, -0.2) is 30.3 Å². The second kappa shape index (κ2) is 6.15. The second-order valence-corrected chi connectivity index (χ2v) is 6.77. The van der Waals surface area contributed by atoms with Crippen LogP contribution in [0.25, 0.3) is 5.65 Å². The van der Waals surface area contributed by atoms with Crippen molar-refractivity contribution in [2.24, 2.45) is 5.92 Å². The lowest BCUT2D eigenvalue weighted by atomic mass is 9.82. The first-order chi connectivity index (χ1) is 12.4. The van der Waals surface area contributed by atoms with E-state index in [1.807, 2.05) is 6.92 Å². The Labute approximate surface area is 148 Å². The third-order valence-electron chi connectivity index (χ3n) is 4.77. The number of hydrogen-bond donors (Lipinski definition) is 1. The Balaban J connectivity index is 1.63. The first kappa shape index (κ1) is 16.6. The fourth-order valence-corrected chi connectivity index (χ4v) is 3.29. The Morgan fingerprint density at radius 1 is 1.38 bits per heavy atom. The highest BCUT2D eigenvalue weighted by Gasteiger charge is 2.30. The van der Waals surface area contributed by atoms with Gasteiger partial charge in [-0.25, -0.2) is 18.3 Å². The quantitative estimate of drug-likeness (QED) is 0.774. The maximum absolute atomic E-state index is 13.3. The minimum atomic E-state index is -2.77. The number of rotatable bonds is 4. The van der Waals surface area contributed by atoms with Gasteiger partial charge in [0.05, 0.1) is 17.9 Å². The van der Waals surface area contributed by atoms with E-state index in [4.69, 9.17) is 0 Å². The van der Waals surface area contributed by atoms with E-state index in [0.717, 1.165) is 18.5 Å². The number of hydrogen-bond acceptors (Lipinski definition) is 4. The van der Waals surface area contributed by atoms with Crippen molar-refractivity contribution in [3.05, 3.63) is 41.6 Å². The lowest BCUT2D eigenvalue weighted by Gasteiger charge is -2.32. The SMILES string of the molecule is Cc1ccnc2c(C(=O)Nc3cn([C@H]4C[C@H](C)C4)nc3C(F)F)cnn12. The molecule has 136 valence electrons. The molecule has 3 heterocycles. The highest BCUT2D eigenvalue weighted by molar-refractivity contribution is 6.08. The number of nitrogens with zero attached hydrogens (tertiary/aromatic N) is 5. The number of aromatic nitrogens is 5. The predicted molar refractivity (Wildman–Crippen MR) is 90.3 cm³/mol. The molecule has 0 bridgehead atoms. The Kier molecular flexibility index (Phi) is 3.93. The van der Waals surface area contributed by atoms with Gasteiger partial charge in [-0.15, -0.1) is 0 Å². The summed E-state index contributed by atoms with van der Waals surface area (Å²) >= 11 is 0. The Morgan fingerprint density at radius 3 is 2.85 bits per heavy atom. The van der Waals surface area contributed by atoms with E-state index in [0.29, 0.717) is 11.6 Å². The molecule has 4 rings (SSSR count). The van der Waals surface area contributed by atoms with Crippen molar-refractivity contribution in [3.8, 4) is 0 Å². The molecule has 1 N–H and O–H groups in total. The topological polar surface area (TPSA) is 77.1 Å². The number of alkyl halides is 2. The van der Waals surface area contributed by atoms with Gasteiger partial charge in [-0.3, -0.25) is 9.48 Å². The van der Waals surface area contributed by atoms with Gasteiger partial charge in [-0.1, -0.05) is 6.92 Å². The van der Waals surface area contributed by atoms with Crippen molar-refractivity contribution in [2.45, 2.75) is 39.2 Å². The van der Waals surface area contributed by atoms with Crippen LogP contribution in [0.5, 0.6) is 0 Å². The zero-order chi connectivity index (χ0) is 18.4. The minimum Gasteiger partial charge on any atom is -0.319 e. The van der Waals surface area contributed by atoms with Gasteiger partial charge in [-0.2, -0.15) is 10.2 Å². The van der Waals surface area contributed by atoms with Gasteiger partial charge < -0.3 is 5.32 Å². The predicted octanol–water partition coefficient (Wildman–Crippen LogP) is 3.40. The molecular weight excluding hydrogens is 342 g/mol. The van der Waals surface area contributed by atoms with Crippen molar-refractivity contribution in [1.82, 2.24) is 24.4 Å².